The zero-order chi connectivity index (χ0) is 11.8. The van der Waals surface area contributed by atoms with Crippen LogP contribution in [0.2, 0.25) is 0 Å². The summed E-state index contributed by atoms with van der Waals surface area (Å²) < 4.78 is 12.6. The van der Waals surface area contributed by atoms with Gasteiger partial charge in [0, 0.05) is 23.1 Å². The quantitative estimate of drug-likeness (QED) is 0.467. The van der Waals surface area contributed by atoms with Gasteiger partial charge >= 0.3 is 0 Å². The van der Waals surface area contributed by atoms with Crippen molar-refractivity contribution < 1.29 is 4.39 Å². The average molecular weight is 237 g/mol. The van der Waals surface area contributed by atoms with E-state index in [4.69, 9.17) is 12.2 Å². The number of unbranched alkanes of at least 4 members (excludes halogenated alkanes) is 1. The Kier molecular flexibility index (Phi) is 5.99. The van der Waals surface area contributed by atoms with Gasteiger partial charge in [-0.3, -0.25) is 0 Å². The third-order valence-corrected chi connectivity index (χ3v) is 3.37. The van der Waals surface area contributed by atoms with Gasteiger partial charge in [0.15, 0.2) is 0 Å². The van der Waals surface area contributed by atoms with Gasteiger partial charge in [-0.1, -0.05) is 0 Å². The molecule has 3 heteroatoms. The Labute approximate surface area is 101 Å². The van der Waals surface area contributed by atoms with E-state index in [1.165, 1.54) is 12.1 Å². The van der Waals surface area contributed by atoms with Crippen molar-refractivity contribution in [3.8, 4) is 12.3 Å². The molecule has 1 nitrogen and oxygen atoms in total. The van der Waals surface area contributed by atoms with E-state index >= 15 is 0 Å². The van der Waals surface area contributed by atoms with E-state index in [9.17, 15) is 4.39 Å². The minimum Gasteiger partial charge on any atom is -0.327 e. The molecule has 0 heterocycles. The summed E-state index contributed by atoms with van der Waals surface area (Å²) in [6, 6.07) is 6.63. The van der Waals surface area contributed by atoms with Crippen molar-refractivity contribution in [1.29, 1.82) is 0 Å². The average Bonchev–Trinajstić information content (AvgIpc) is 2.29. The second kappa shape index (κ2) is 7.32. The van der Waals surface area contributed by atoms with E-state index in [0.29, 0.717) is 0 Å². The van der Waals surface area contributed by atoms with E-state index in [-0.39, 0.29) is 11.9 Å². The lowest BCUT2D eigenvalue weighted by atomic mass is 10.1. The number of benzene rings is 1. The molecule has 1 rings (SSSR count). The van der Waals surface area contributed by atoms with E-state index in [0.717, 1.165) is 29.9 Å². The SMILES string of the molecule is C#CCCCC(N)CSc1ccc(F)cc1. The van der Waals surface area contributed by atoms with Crippen molar-refractivity contribution in [3.05, 3.63) is 30.1 Å². The molecule has 86 valence electrons. The molecule has 16 heavy (non-hydrogen) atoms. The molecular weight excluding hydrogens is 221 g/mol. The first-order valence-electron chi connectivity index (χ1n) is 5.30. The summed E-state index contributed by atoms with van der Waals surface area (Å²) >= 11 is 1.65. The van der Waals surface area contributed by atoms with E-state index in [1.807, 2.05) is 0 Å². The highest BCUT2D eigenvalue weighted by Gasteiger charge is 2.03. The lowest BCUT2D eigenvalue weighted by Crippen LogP contribution is -2.22. The van der Waals surface area contributed by atoms with Crippen LogP contribution in [-0.2, 0) is 0 Å². The molecule has 1 aromatic carbocycles. The van der Waals surface area contributed by atoms with Crippen LogP contribution in [0.5, 0.6) is 0 Å². The minimum absolute atomic E-state index is 0.156. The number of hydrogen-bond donors (Lipinski definition) is 1. The van der Waals surface area contributed by atoms with Gasteiger partial charge in [0.05, 0.1) is 0 Å². The molecule has 0 aliphatic heterocycles. The Balaban J connectivity index is 2.23. The Morgan fingerprint density at radius 1 is 1.38 bits per heavy atom. The predicted octanol–water partition coefficient (Wildman–Crippen LogP) is 3.05. The monoisotopic (exact) mass is 237 g/mol. The number of terminal acetylenes is 1. The third kappa shape index (κ3) is 5.20. The molecular formula is C13H16FNS. The Morgan fingerprint density at radius 3 is 2.69 bits per heavy atom. The molecule has 0 bridgehead atoms. The van der Waals surface area contributed by atoms with Crippen LogP contribution >= 0.6 is 11.8 Å². The fourth-order valence-corrected chi connectivity index (χ4v) is 2.19. The molecule has 0 radical (unpaired) electrons. The Hall–Kier alpha value is -0.980. The zero-order valence-corrected chi connectivity index (χ0v) is 9.97. The van der Waals surface area contributed by atoms with Crippen molar-refractivity contribution in [2.45, 2.75) is 30.2 Å². The topological polar surface area (TPSA) is 26.0 Å². The molecule has 0 aliphatic rings. The van der Waals surface area contributed by atoms with Crippen LogP contribution in [0.25, 0.3) is 0 Å². The first-order valence-corrected chi connectivity index (χ1v) is 6.28. The van der Waals surface area contributed by atoms with Gasteiger partial charge in [0.2, 0.25) is 0 Å². The normalized spacial score (nSPS) is 12.1. The van der Waals surface area contributed by atoms with E-state index in [2.05, 4.69) is 5.92 Å². The zero-order valence-electron chi connectivity index (χ0n) is 9.16. The van der Waals surface area contributed by atoms with Crippen molar-refractivity contribution in [3.63, 3.8) is 0 Å². The lowest BCUT2D eigenvalue weighted by molar-refractivity contribution is 0.626. The summed E-state index contributed by atoms with van der Waals surface area (Å²) in [6.07, 6.45) is 7.87. The van der Waals surface area contributed by atoms with Gasteiger partial charge in [-0.15, -0.1) is 24.1 Å². The Morgan fingerprint density at radius 2 is 2.06 bits per heavy atom. The van der Waals surface area contributed by atoms with E-state index < -0.39 is 0 Å². The number of rotatable bonds is 6. The highest BCUT2D eigenvalue weighted by molar-refractivity contribution is 7.99. The largest absolute Gasteiger partial charge is 0.327 e. The van der Waals surface area contributed by atoms with Crippen LogP contribution in [0, 0.1) is 18.2 Å². The number of nitrogens with two attached hydrogens (primary N) is 1. The van der Waals surface area contributed by atoms with Crippen LogP contribution in [0.4, 0.5) is 4.39 Å². The summed E-state index contributed by atoms with van der Waals surface area (Å²) in [5.74, 6) is 3.24. The van der Waals surface area contributed by atoms with Crippen LogP contribution in [-0.4, -0.2) is 11.8 Å². The highest BCUT2D eigenvalue weighted by Crippen LogP contribution is 2.19. The maximum atomic E-state index is 12.6. The van der Waals surface area contributed by atoms with Gasteiger partial charge in [0.25, 0.3) is 0 Å². The standard InChI is InChI=1S/C13H16FNS/c1-2-3-4-5-12(15)10-16-13-8-6-11(14)7-9-13/h1,6-9,12H,3-5,10,15H2. The van der Waals surface area contributed by atoms with Crippen LogP contribution in [0.15, 0.2) is 29.2 Å². The molecule has 0 spiro atoms. The minimum atomic E-state index is -0.206. The summed E-state index contributed by atoms with van der Waals surface area (Å²) in [6.45, 7) is 0. The van der Waals surface area contributed by atoms with Crippen LogP contribution in [0.3, 0.4) is 0 Å². The number of hydrogen-bond acceptors (Lipinski definition) is 2. The summed E-state index contributed by atoms with van der Waals surface area (Å²) in [7, 11) is 0. The molecule has 2 N–H and O–H groups in total. The molecule has 1 unspecified atom stereocenters. The molecule has 0 amide bonds. The van der Waals surface area contributed by atoms with Crippen LogP contribution in [0.1, 0.15) is 19.3 Å². The lowest BCUT2D eigenvalue weighted by Gasteiger charge is -2.09. The second-order valence-corrected chi connectivity index (χ2v) is 4.71. The third-order valence-electron chi connectivity index (χ3n) is 2.17. The van der Waals surface area contributed by atoms with E-state index in [1.54, 1.807) is 23.9 Å². The number of thioether (sulfide) groups is 1. The molecule has 0 aromatic heterocycles. The molecule has 0 saturated heterocycles. The highest BCUT2D eigenvalue weighted by atomic mass is 32.2. The molecule has 0 saturated carbocycles. The summed E-state index contributed by atoms with van der Waals surface area (Å²) in [5.41, 5.74) is 5.93. The van der Waals surface area contributed by atoms with Gasteiger partial charge in [-0.2, -0.15) is 0 Å². The predicted molar refractivity (Wildman–Crippen MR) is 67.8 cm³/mol. The van der Waals surface area contributed by atoms with Gasteiger partial charge in [-0.25, -0.2) is 4.39 Å². The first-order chi connectivity index (χ1) is 7.72. The van der Waals surface area contributed by atoms with Crippen molar-refractivity contribution in [2.75, 3.05) is 5.75 Å². The second-order valence-electron chi connectivity index (χ2n) is 3.62. The summed E-state index contributed by atoms with van der Waals surface area (Å²) in [4.78, 5) is 1.05. The van der Waals surface area contributed by atoms with Crippen molar-refractivity contribution in [2.24, 2.45) is 5.73 Å². The molecule has 1 atom stereocenters. The fraction of sp³-hybridized carbons (Fsp3) is 0.385. The first kappa shape index (κ1) is 13.1. The van der Waals surface area contributed by atoms with Crippen molar-refractivity contribution >= 4 is 11.8 Å². The molecule has 0 fully saturated rings. The Bertz CT molecular complexity index is 342. The number of halogens is 1. The van der Waals surface area contributed by atoms with Gasteiger partial charge in [-0.05, 0) is 37.1 Å². The smallest absolute Gasteiger partial charge is 0.123 e. The van der Waals surface area contributed by atoms with Gasteiger partial charge < -0.3 is 5.73 Å². The van der Waals surface area contributed by atoms with Gasteiger partial charge in [0.1, 0.15) is 5.82 Å². The fourth-order valence-electron chi connectivity index (χ4n) is 1.28. The molecule has 1 aromatic rings. The summed E-state index contributed by atoms with van der Waals surface area (Å²) in [5, 5.41) is 0. The maximum absolute atomic E-state index is 12.6. The molecule has 0 aliphatic carbocycles. The maximum Gasteiger partial charge on any atom is 0.123 e. The van der Waals surface area contributed by atoms with Crippen molar-refractivity contribution in [1.82, 2.24) is 0 Å². The van der Waals surface area contributed by atoms with Crippen LogP contribution < -0.4 is 5.73 Å².